The number of hydrogen-bond donors (Lipinski definition) is 1. The summed E-state index contributed by atoms with van der Waals surface area (Å²) >= 11 is 6.14. The number of carboxylic acid groups (broad SMARTS) is 1. The molecule has 0 radical (unpaired) electrons. The van der Waals surface area contributed by atoms with E-state index in [-0.39, 0.29) is 18.9 Å². The number of aliphatic carboxylic acids is 1. The Morgan fingerprint density at radius 2 is 2.14 bits per heavy atom. The summed E-state index contributed by atoms with van der Waals surface area (Å²) in [6.07, 6.45) is 0.599. The molecule has 0 aliphatic carbocycles. The molecule has 1 fully saturated rings. The lowest BCUT2D eigenvalue weighted by Gasteiger charge is -2.24. The molecule has 0 spiro atoms. The lowest BCUT2D eigenvalue weighted by atomic mass is 10.1. The van der Waals surface area contributed by atoms with Crippen LogP contribution in [0.5, 0.6) is 11.5 Å². The van der Waals surface area contributed by atoms with Gasteiger partial charge in [0, 0.05) is 13.0 Å². The van der Waals surface area contributed by atoms with Crippen molar-refractivity contribution in [3.05, 3.63) is 22.7 Å². The van der Waals surface area contributed by atoms with Gasteiger partial charge in [0.05, 0.1) is 5.02 Å². The lowest BCUT2D eigenvalue weighted by molar-refractivity contribution is -0.146. The highest BCUT2D eigenvalue weighted by Crippen LogP contribution is 2.39. The Morgan fingerprint density at radius 1 is 1.38 bits per heavy atom. The fourth-order valence-electron chi connectivity index (χ4n) is 2.64. The van der Waals surface area contributed by atoms with Crippen LogP contribution in [0.4, 0.5) is 0 Å². The van der Waals surface area contributed by atoms with Crippen molar-refractivity contribution in [2.75, 3.05) is 13.2 Å². The van der Waals surface area contributed by atoms with Crippen LogP contribution >= 0.6 is 11.6 Å². The van der Waals surface area contributed by atoms with Crippen LogP contribution < -0.4 is 9.47 Å². The Kier molecular flexibility index (Phi) is 3.63. The van der Waals surface area contributed by atoms with Gasteiger partial charge in [-0.25, -0.2) is 4.79 Å². The van der Waals surface area contributed by atoms with Crippen LogP contribution in [0.25, 0.3) is 0 Å². The summed E-state index contributed by atoms with van der Waals surface area (Å²) in [6.45, 7) is 1.08. The summed E-state index contributed by atoms with van der Waals surface area (Å²) in [7, 11) is 0. The first kappa shape index (κ1) is 14.0. The van der Waals surface area contributed by atoms with E-state index >= 15 is 0 Å². The van der Waals surface area contributed by atoms with Crippen LogP contribution in [0.3, 0.4) is 0 Å². The lowest BCUT2D eigenvalue weighted by Crippen LogP contribution is -2.37. The molecule has 3 rings (SSSR count). The first-order chi connectivity index (χ1) is 10.1. The number of carbonyl (C=O) groups excluding carboxylic acids is 1. The zero-order valence-corrected chi connectivity index (χ0v) is 11.9. The number of nitrogens with zero attached hydrogens (tertiary/aromatic N) is 1. The van der Waals surface area contributed by atoms with Crippen LogP contribution in [-0.2, 0) is 16.1 Å². The summed E-state index contributed by atoms with van der Waals surface area (Å²) < 4.78 is 10.9. The van der Waals surface area contributed by atoms with Gasteiger partial charge in [-0.15, -0.1) is 0 Å². The predicted octanol–water partition coefficient (Wildman–Crippen LogP) is 1.69. The standard InChI is InChI=1S/C14H14ClNO5/c15-9-5-8(6-11-13(9)21-4-3-20-11)7-16-10(14(18)19)1-2-12(16)17/h5-6,10H,1-4,7H2,(H,18,19). The van der Waals surface area contributed by atoms with Gasteiger partial charge in [0.2, 0.25) is 5.91 Å². The molecular weight excluding hydrogens is 298 g/mol. The molecule has 1 aromatic carbocycles. The van der Waals surface area contributed by atoms with Crippen LogP contribution in [0.15, 0.2) is 12.1 Å². The topological polar surface area (TPSA) is 76.1 Å². The van der Waals surface area contributed by atoms with Gasteiger partial charge < -0.3 is 19.5 Å². The zero-order chi connectivity index (χ0) is 15.0. The molecule has 2 heterocycles. The summed E-state index contributed by atoms with van der Waals surface area (Å²) in [5.41, 5.74) is 0.728. The predicted molar refractivity (Wildman–Crippen MR) is 73.6 cm³/mol. The van der Waals surface area contributed by atoms with E-state index in [9.17, 15) is 9.59 Å². The van der Waals surface area contributed by atoms with Gasteiger partial charge in [0.25, 0.3) is 0 Å². The van der Waals surface area contributed by atoms with Gasteiger partial charge in [0.15, 0.2) is 11.5 Å². The quantitative estimate of drug-likeness (QED) is 0.919. The minimum absolute atomic E-state index is 0.159. The maximum Gasteiger partial charge on any atom is 0.326 e. The number of carbonyl (C=O) groups is 2. The fraction of sp³-hybridized carbons (Fsp3) is 0.429. The van der Waals surface area contributed by atoms with E-state index in [1.807, 2.05) is 0 Å². The minimum Gasteiger partial charge on any atom is -0.486 e. The van der Waals surface area contributed by atoms with Crippen molar-refractivity contribution in [3.63, 3.8) is 0 Å². The molecule has 2 aliphatic rings. The Labute approximate surface area is 126 Å². The molecule has 112 valence electrons. The Balaban J connectivity index is 1.86. The molecular formula is C14H14ClNO5. The van der Waals surface area contributed by atoms with E-state index in [1.54, 1.807) is 12.1 Å². The molecule has 7 heteroatoms. The molecule has 2 aliphatic heterocycles. The van der Waals surface area contributed by atoms with Crippen LogP contribution in [0.1, 0.15) is 18.4 Å². The number of fused-ring (bicyclic) bond motifs is 1. The normalized spacial score (nSPS) is 20.7. The fourth-order valence-corrected chi connectivity index (χ4v) is 2.93. The summed E-state index contributed by atoms with van der Waals surface area (Å²) in [4.78, 5) is 24.4. The molecule has 1 atom stereocenters. The average molecular weight is 312 g/mol. The van der Waals surface area contributed by atoms with Gasteiger partial charge in [-0.3, -0.25) is 4.79 Å². The Morgan fingerprint density at radius 3 is 2.90 bits per heavy atom. The number of rotatable bonds is 3. The third kappa shape index (κ3) is 2.63. The highest BCUT2D eigenvalue weighted by atomic mass is 35.5. The molecule has 1 saturated heterocycles. The molecule has 6 nitrogen and oxygen atoms in total. The van der Waals surface area contributed by atoms with Crippen LogP contribution in [-0.4, -0.2) is 41.1 Å². The van der Waals surface area contributed by atoms with Crippen molar-refractivity contribution in [1.29, 1.82) is 0 Å². The van der Waals surface area contributed by atoms with Gasteiger partial charge in [-0.2, -0.15) is 0 Å². The molecule has 1 N–H and O–H groups in total. The smallest absolute Gasteiger partial charge is 0.326 e. The second kappa shape index (κ2) is 5.44. The van der Waals surface area contributed by atoms with Gasteiger partial charge in [-0.1, -0.05) is 11.6 Å². The molecule has 21 heavy (non-hydrogen) atoms. The zero-order valence-electron chi connectivity index (χ0n) is 11.2. The number of likely N-dealkylation sites (tertiary alicyclic amines) is 1. The number of ether oxygens (including phenoxy) is 2. The number of hydrogen-bond acceptors (Lipinski definition) is 4. The van der Waals surface area contributed by atoms with Crippen molar-refractivity contribution >= 4 is 23.5 Å². The Bertz CT molecular complexity index is 603. The summed E-state index contributed by atoms with van der Waals surface area (Å²) in [5, 5.41) is 9.56. The number of carboxylic acids is 1. The molecule has 1 aromatic rings. The minimum atomic E-state index is -0.982. The van der Waals surface area contributed by atoms with Crippen molar-refractivity contribution in [1.82, 2.24) is 4.90 Å². The van der Waals surface area contributed by atoms with Crippen LogP contribution in [0, 0.1) is 0 Å². The third-order valence-electron chi connectivity index (χ3n) is 3.62. The third-order valence-corrected chi connectivity index (χ3v) is 3.90. The average Bonchev–Trinajstić information content (AvgIpc) is 2.80. The first-order valence-electron chi connectivity index (χ1n) is 6.66. The highest BCUT2D eigenvalue weighted by molar-refractivity contribution is 6.32. The van der Waals surface area contributed by atoms with E-state index in [1.165, 1.54) is 4.90 Å². The molecule has 0 aromatic heterocycles. The van der Waals surface area contributed by atoms with E-state index in [4.69, 9.17) is 26.2 Å². The number of halogens is 1. The first-order valence-corrected chi connectivity index (χ1v) is 7.04. The largest absolute Gasteiger partial charge is 0.486 e. The van der Waals surface area contributed by atoms with Crippen molar-refractivity contribution < 1.29 is 24.2 Å². The monoisotopic (exact) mass is 311 g/mol. The van der Waals surface area contributed by atoms with E-state index in [0.29, 0.717) is 36.2 Å². The van der Waals surface area contributed by atoms with E-state index < -0.39 is 12.0 Å². The molecule has 1 amide bonds. The maximum absolute atomic E-state index is 11.8. The maximum atomic E-state index is 11.8. The second-order valence-electron chi connectivity index (χ2n) is 5.02. The van der Waals surface area contributed by atoms with E-state index in [0.717, 1.165) is 5.56 Å². The number of benzene rings is 1. The van der Waals surface area contributed by atoms with Gasteiger partial charge in [-0.05, 0) is 24.1 Å². The summed E-state index contributed by atoms with van der Waals surface area (Å²) in [5.74, 6) is -0.116. The van der Waals surface area contributed by atoms with Crippen molar-refractivity contribution in [2.24, 2.45) is 0 Å². The second-order valence-corrected chi connectivity index (χ2v) is 5.42. The molecule has 1 unspecified atom stereocenters. The number of amides is 1. The van der Waals surface area contributed by atoms with Crippen LogP contribution in [0.2, 0.25) is 5.02 Å². The molecule has 0 bridgehead atoms. The van der Waals surface area contributed by atoms with Gasteiger partial charge in [0.1, 0.15) is 19.3 Å². The van der Waals surface area contributed by atoms with Crippen molar-refractivity contribution in [2.45, 2.75) is 25.4 Å². The van der Waals surface area contributed by atoms with E-state index in [2.05, 4.69) is 0 Å². The van der Waals surface area contributed by atoms with Gasteiger partial charge >= 0.3 is 5.97 Å². The molecule has 0 saturated carbocycles. The van der Waals surface area contributed by atoms with Crippen molar-refractivity contribution in [3.8, 4) is 11.5 Å². The highest BCUT2D eigenvalue weighted by Gasteiger charge is 2.36. The summed E-state index contributed by atoms with van der Waals surface area (Å²) in [6, 6.07) is 2.65. The SMILES string of the molecule is O=C(O)C1CCC(=O)N1Cc1cc(Cl)c2c(c1)OCCO2. The Hall–Kier alpha value is -1.95.